The fraction of sp³-hybridized carbons (Fsp3) is 0.556. The number of nitriles is 1. The van der Waals surface area contributed by atoms with E-state index >= 15 is 0 Å². The van der Waals surface area contributed by atoms with Gasteiger partial charge in [0, 0.05) is 6.04 Å². The average Bonchev–Trinajstić information content (AvgIpc) is 2.74. The molecule has 3 heteroatoms. The molecule has 0 spiro atoms. The molecular weight excluding hydrogens is 260 g/mol. The Morgan fingerprint density at radius 2 is 1.67 bits per heavy atom. The number of fused-ring (bicyclic) bond motifs is 1. The Labute approximate surface area is 126 Å². The molecule has 1 aromatic carbocycles. The number of rotatable bonds is 2. The second kappa shape index (κ2) is 5.89. The van der Waals surface area contributed by atoms with Crippen molar-refractivity contribution in [3.63, 3.8) is 0 Å². The minimum atomic E-state index is -0.786. The molecule has 0 unspecified atom stereocenters. The molecule has 2 aliphatic rings. The number of carbonyl (C=O) groups is 1. The summed E-state index contributed by atoms with van der Waals surface area (Å²) in [6.07, 6.45) is 7.49. The van der Waals surface area contributed by atoms with Crippen molar-refractivity contribution in [1.29, 1.82) is 5.26 Å². The lowest BCUT2D eigenvalue weighted by Gasteiger charge is -2.25. The lowest BCUT2D eigenvalue weighted by molar-refractivity contribution is -0.129. The van der Waals surface area contributed by atoms with E-state index in [4.69, 9.17) is 0 Å². The van der Waals surface area contributed by atoms with Crippen molar-refractivity contribution >= 4 is 5.91 Å². The summed E-state index contributed by atoms with van der Waals surface area (Å²) in [6, 6.07) is 10.9. The van der Waals surface area contributed by atoms with Crippen LogP contribution in [0.15, 0.2) is 24.3 Å². The first-order valence-electron chi connectivity index (χ1n) is 8.02. The first-order chi connectivity index (χ1) is 10.2. The van der Waals surface area contributed by atoms with Crippen LogP contribution in [0.2, 0.25) is 0 Å². The number of nitrogens with one attached hydrogen (secondary N) is 1. The molecule has 1 N–H and O–H groups in total. The molecule has 3 nitrogen and oxygen atoms in total. The molecule has 0 atom stereocenters. The third-order valence-corrected chi connectivity index (χ3v) is 4.99. The minimum Gasteiger partial charge on any atom is -0.351 e. The SMILES string of the molecule is N#CC1(C(=O)NC2Cc3ccccc3C2)CCCCCC1. The topological polar surface area (TPSA) is 52.9 Å². The van der Waals surface area contributed by atoms with Gasteiger partial charge in [0.2, 0.25) is 5.91 Å². The van der Waals surface area contributed by atoms with E-state index in [1.807, 2.05) is 12.1 Å². The highest BCUT2D eigenvalue weighted by atomic mass is 16.2. The van der Waals surface area contributed by atoms with Gasteiger partial charge in [-0.05, 0) is 36.8 Å². The average molecular weight is 282 g/mol. The normalized spacial score (nSPS) is 21.1. The van der Waals surface area contributed by atoms with Gasteiger partial charge in [0.15, 0.2) is 0 Å². The Hall–Kier alpha value is -1.82. The van der Waals surface area contributed by atoms with Crippen molar-refractivity contribution in [3.8, 4) is 6.07 Å². The number of benzene rings is 1. The maximum absolute atomic E-state index is 12.7. The molecule has 0 saturated heterocycles. The smallest absolute Gasteiger partial charge is 0.240 e. The van der Waals surface area contributed by atoms with E-state index in [1.165, 1.54) is 11.1 Å². The third kappa shape index (κ3) is 2.81. The van der Waals surface area contributed by atoms with Crippen LogP contribution in [0.4, 0.5) is 0 Å². The highest BCUT2D eigenvalue weighted by Gasteiger charge is 2.40. The van der Waals surface area contributed by atoms with Crippen molar-refractivity contribution in [2.24, 2.45) is 5.41 Å². The molecule has 1 saturated carbocycles. The summed E-state index contributed by atoms with van der Waals surface area (Å²) in [4.78, 5) is 12.7. The Kier molecular flexibility index (Phi) is 3.96. The maximum atomic E-state index is 12.7. The number of carbonyl (C=O) groups excluding carboxylic acids is 1. The molecule has 0 heterocycles. The zero-order chi connectivity index (χ0) is 14.7. The van der Waals surface area contributed by atoms with E-state index in [9.17, 15) is 10.1 Å². The summed E-state index contributed by atoms with van der Waals surface area (Å²) in [7, 11) is 0. The Morgan fingerprint density at radius 3 is 2.19 bits per heavy atom. The van der Waals surface area contributed by atoms with Crippen LogP contribution in [-0.2, 0) is 17.6 Å². The van der Waals surface area contributed by atoms with Gasteiger partial charge in [-0.2, -0.15) is 5.26 Å². The summed E-state index contributed by atoms with van der Waals surface area (Å²) in [6.45, 7) is 0. The molecule has 1 fully saturated rings. The van der Waals surface area contributed by atoms with Gasteiger partial charge in [-0.1, -0.05) is 49.9 Å². The number of nitrogens with zero attached hydrogens (tertiary/aromatic N) is 1. The van der Waals surface area contributed by atoms with E-state index in [2.05, 4.69) is 23.5 Å². The van der Waals surface area contributed by atoms with E-state index in [0.29, 0.717) is 0 Å². The first kappa shape index (κ1) is 14.1. The molecule has 3 rings (SSSR count). The zero-order valence-corrected chi connectivity index (χ0v) is 12.4. The van der Waals surface area contributed by atoms with Gasteiger partial charge in [0.1, 0.15) is 5.41 Å². The minimum absolute atomic E-state index is 0.0373. The van der Waals surface area contributed by atoms with E-state index in [-0.39, 0.29) is 11.9 Å². The van der Waals surface area contributed by atoms with E-state index in [0.717, 1.165) is 51.4 Å². The van der Waals surface area contributed by atoms with Crippen LogP contribution in [0, 0.1) is 16.7 Å². The van der Waals surface area contributed by atoms with Crippen LogP contribution in [0.1, 0.15) is 49.7 Å². The highest BCUT2D eigenvalue weighted by Crippen LogP contribution is 2.35. The second-order valence-electron chi connectivity index (χ2n) is 6.46. The van der Waals surface area contributed by atoms with Gasteiger partial charge in [-0.25, -0.2) is 0 Å². The molecule has 110 valence electrons. The summed E-state index contributed by atoms with van der Waals surface area (Å²) >= 11 is 0. The van der Waals surface area contributed by atoms with Crippen LogP contribution in [0.25, 0.3) is 0 Å². The van der Waals surface area contributed by atoms with Gasteiger partial charge in [-0.3, -0.25) is 4.79 Å². The van der Waals surface area contributed by atoms with Crippen molar-refractivity contribution in [2.45, 2.75) is 57.4 Å². The monoisotopic (exact) mass is 282 g/mol. The molecule has 21 heavy (non-hydrogen) atoms. The van der Waals surface area contributed by atoms with Gasteiger partial charge in [0.05, 0.1) is 6.07 Å². The Balaban J connectivity index is 1.68. The lowest BCUT2D eigenvalue weighted by Crippen LogP contribution is -2.45. The number of hydrogen-bond donors (Lipinski definition) is 1. The van der Waals surface area contributed by atoms with E-state index < -0.39 is 5.41 Å². The van der Waals surface area contributed by atoms with Crippen LogP contribution in [0.3, 0.4) is 0 Å². The van der Waals surface area contributed by atoms with Crippen LogP contribution >= 0.6 is 0 Å². The van der Waals surface area contributed by atoms with Crippen molar-refractivity contribution in [3.05, 3.63) is 35.4 Å². The molecule has 0 bridgehead atoms. The molecule has 1 aromatic rings. The predicted octanol–water partition coefficient (Wildman–Crippen LogP) is 3.13. The van der Waals surface area contributed by atoms with E-state index in [1.54, 1.807) is 0 Å². The van der Waals surface area contributed by atoms with Crippen molar-refractivity contribution < 1.29 is 4.79 Å². The summed E-state index contributed by atoms with van der Waals surface area (Å²) in [5.41, 5.74) is 1.87. The largest absolute Gasteiger partial charge is 0.351 e. The highest BCUT2D eigenvalue weighted by molar-refractivity contribution is 5.85. The molecule has 0 aliphatic heterocycles. The first-order valence-corrected chi connectivity index (χ1v) is 8.02. The summed E-state index contributed by atoms with van der Waals surface area (Å²) in [5, 5.41) is 12.7. The van der Waals surface area contributed by atoms with Gasteiger partial charge < -0.3 is 5.32 Å². The number of amides is 1. The maximum Gasteiger partial charge on any atom is 0.240 e. The molecule has 1 amide bonds. The predicted molar refractivity (Wildman–Crippen MR) is 81.5 cm³/mol. The van der Waals surface area contributed by atoms with Crippen LogP contribution in [-0.4, -0.2) is 11.9 Å². The number of hydrogen-bond acceptors (Lipinski definition) is 2. The fourth-order valence-corrected chi connectivity index (χ4v) is 3.71. The van der Waals surface area contributed by atoms with Gasteiger partial charge in [0.25, 0.3) is 0 Å². The third-order valence-electron chi connectivity index (χ3n) is 4.99. The Bertz CT molecular complexity index is 540. The van der Waals surface area contributed by atoms with Crippen molar-refractivity contribution in [1.82, 2.24) is 5.32 Å². The van der Waals surface area contributed by atoms with Gasteiger partial charge in [-0.15, -0.1) is 0 Å². The van der Waals surface area contributed by atoms with Crippen molar-refractivity contribution in [2.75, 3.05) is 0 Å². The molecular formula is C18H22N2O. The summed E-state index contributed by atoms with van der Waals surface area (Å²) < 4.78 is 0. The standard InChI is InChI=1S/C18H22N2O/c19-13-18(9-5-1-2-6-10-18)17(21)20-16-11-14-7-3-4-8-15(14)12-16/h3-4,7-8,16H,1-2,5-6,9-12H2,(H,20,21). The molecule has 2 aliphatic carbocycles. The fourth-order valence-electron chi connectivity index (χ4n) is 3.71. The lowest BCUT2D eigenvalue weighted by atomic mass is 9.80. The van der Waals surface area contributed by atoms with Gasteiger partial charge >= 0.3 is 0 Å². The molecule has 0 aromatic heterocycles. The van der Waals surface area contributed by atoms with Crippen LogP contribution < -0.4 is 5.32 Å². The van der Waals surface area contributed by atoms with Crippen LogP contribution in [0.5, 0.6) is 0 Å². The zero-order valence-electron chi connectivity index (χ0n) is 12.4. The second-order valence-corrected chi connectivity index (χ2v) is 6.46. The summed E-state index contributed by atoms with van der Waals surface area (Å²) in [5.74, 6) is -0.0373. The molecule has 0 radical (unpaired) electrons. The Morgan fingerprint density at radius 1 is 1.10 bits per heavy atom. The quantitative estimate of drug-likeness (QED) is 0.847.